The minimum atomic E-state index is -0.270. The Balaban J connectivity index is 2.30. The van der Waals surface area contributed by atoms with Crippen LogP contribution in [-0.2, 0) is 11.2 Å². The van der Waals surface area contributed by atoms with E-state index >= 15 is 0 Å². The third kappa shape index (κ3) is 9.41. The number of benzene rings is 1. The molecule has 0 radical (unpaired) electrons. The Morgan fingerprint density at radius 2 is 1.86 bits per heavy atom. The molecule has 22 heavy (non-hydrogen) atoms. The van der Waals surface area contributed by atoms with Crippen molar-refractivity contribution < 1.29 is 4.74 Å². The first-order chi connectivity index (χ1) is 10.3. The molecule has 2 unspecified atom stereocenters. The Morgan fingerprint density at radius 3 is 2.45 bits per heavy atom. The monoisotopic (exact) mass is 402 g/mol. The maximum Gasteiger partial charge on any atom is 0.0979 e. The number of hydrogen-bond donors (Lipinski definition) is 0. The zero-order chi connectivity index (χ0) is 16.6. The average Bonchev–Trinajstić information content (AvgIpc) is 2.40. The Kier molecular flexibility index (Phi) is 9.41. The van der Waals surface area contributed by atoms with Gasteiger partial charge in [-0.15, -0.1) is 0 Å². The highest BCUT2D eigenvalue weighted by Crippen LogP contribution is 2.33. The molecule has 0 aliphatic heterocycles. The van der Waals surface area contributed by atoms with E-state index in [1.807, 2.05) is 0 Å². The summed E-state index contributed by atoms with van der Waals surface area (Å²) in [5.41, 5.74) is 2.69. The highest BCUT2D eigenvalue weighted by molar-refractivity contribution is 9.10. The van der Waals surface area contributed by atoms with E-state index < -0.39 is 0 Å². The predicted octanol–water partition coefficient (Wildman–Crippen LogP) is 6.18. The van der Waals surface area contributed by atoms with Crippen LogP contribution in [0.3, 0.4) is 0 Å². The van der Waals surface area contributed by atoms with Gasteiger partial charge in [-0.05, 0) is 56.7 Å². The van der Waals surface area contributed by atoms with Gasteiger partial charge >= 0.3 is 0 Å². The van der Waals surface area contributed by atoms with Crippen LogP contribution in [0, 0.1) is 5.92 Å². The third-order valence-corrected chi connectivity index (χ3v) is 4.86. The van der Waals surface area contributed by atoms with Crippen LogP contribution in [0.25, 0.3) is 0 Å². The van der Waals surface area contributed by atoms with Crippen molar-refractivity contribution in [2.24, 2.45) is 5.92 Å². The van der Waals surface area contributed by atoms with E-state index in [-0.39, 0.29) is 5.08 Å². The number of hydrogen-bond acceptors (Lipinski definition) is 1. The first-order valence-corrected chi connectivity index (χ1v) is 9.83. The molecule has 0 amide bonds. The predicted molar refractivity (Wildman–Crippen MR) is 108 cm³/mol. The van der Waals surface area contributed by atoms with Gasteiger partial charge in [-0.1, -0.05) is 65.1 Å². The molecule has 0 aliphatic rings. The van der Waals surface area contributed by atoms with Crippen molar-refractivity contribution in [1.29, 1.82) is 0 Å². The van der Waals surface area contributed by atoms with Crippen LogP contribution in [0.15, 0.2) is 40.4 Å². The van der Waals surface area contributed by atoms with Crippen LogP contribution in [0.4, 0.5) is 0 Å². The lowest BCUT2D eigenvalue weighted by molar-refractivity contribution is 0.0775. The van der Waals surface area contributed by atoms with E-state index in [1.54, 1.807) is 0 Å². The molecule has 1 rings (SSSR count). The van der Waals surface area contributed by atoms with Gasteiger partial charge in [-0.2, -0.15) is 0 Å². The maximum absolute atomic E-state index is 6.06. The average molecular weight is 403 g/mol. The van der Waals surface area contributed by atoms with Gasteiger partial charge in [-0.25, -0.2) is 0 Å². The molecule has 0 bridgehead atoms. The molecule has 1 aromatic rings. The highest BCUT2D eigenvalue weighted by Gasteiger charge is 2.19. The van der Waals surface area contributed by atoms with Gasteiger partial charge in [0.25, 0.3) is 0 Å². The summed E-state index contributed by atoms with van der Waals surface area (Å²) in [6.07, 6.45) is 6.72. The van der Waals surface area contributed by atoms with Crippen molar-refractivity contribution in [3.63, 3.8) is 0 Å². The van der Waals surface area contributed by atoms with E-state index in [4.69, 9.17) is 4.74 Å². The normalized spacial score (nSPS) is 13.0. The zero-order valence-electron chi connectivity index (χ0n) is 13.9. The van der Waals surface area contributed by atoms with Crippen LogP contribution in [0.5, 0.6) is 0 Å². The van der Waals surface area contributed by atoms with E-state index in [0.29, 0.717) is 5.92 Å². The highest BCUT2D eigenvalue weighted by atomic mass is 79.9. The largest absolute Gasteiger partial charge is 0.367 e. The molecule has 0 aliphatic carbocycles. The summed E-state index contributed by atoms with van der Waals surface area (Å²) in [5, 5.41) is -0.270. The van der Waals surface area contributed by atoms with Gasteiger partial charge < -0.3 is 4.74 Å². The van der Waals surface area contributed by atoms with Gasteiger partial charge in [0.1, 0.15) is 0 Å². The summed E-state index contributed by atoms with van der Waals surface area (Å²) in [5.74, 6) is 0.703. The Hall–Kier alpha value is 0.260. The summed E-state index contributed by atoms with van der Waals surface area (Å²) >= 11 is 3.47. The second-order valence-corrected chi connectivity index (χ2v) is 9.90. The lowest BCUT2D eigenvalue weighted by Crippen LogP contribution is -2.21. The minimum Gasteiger partial charge on any atom is -0.367 e. The quantitative estimate of drug-likeness (QED) is 0.353. The summed E-state index contributed by atoms with van der Waals surface area (Å²) in [4.78, 5) is 0. The van der Waals surface area contributed by atoms with Gasteiger partial charge in [0.05, 0.1) is 5.08 Å². The zero-order valence-corrected chi connectivity index (χ0v) is 17.8. The Bertz CT molecular complexity index is 464. The van der Waals surface area contributed by atoms with Gasteiger partial charge in [0, 0.05) is 17.5 Å². The van der Waals surface area contributed by atoms with Gasteiger partial charge in [0.2, 0.25) is 0 Å². The van der Waals surface area contributed by atoms with Crippen LogP contribution in [-0.4, -0.2) is 11.7 Å². The van der Waals surface area contributed by atoms with Crippen LogP contribution < -0.4 is 0 Å². The van der Waals surface area contributed by atoms with Crippen LogP contribution in [0.2, 0.25) is 0 Å². The van der Waals surface area contributed by atoms with Gasteiger partial charge in [0.15, 0.2) is 0 Å². The lowest BCUT2D eigenvalue weighted by atomic mass is 10.0. The minimum absolute atomic E-state index is 0.270. The molecule has 0 N–H and O–H groups in total. The molecule has 1 aromatic carbocycles. The molecule has 124 valence electrons. The standard InChI is InChI=1S/C18H29BrOP2/c1-14(2)5-4-6-15(3)11-12-20-18(21,22)13-16-7-9-17(19)10-8-16/h5,7-10,15H,4,6,11-13,21-22H2,1-3H3/t15-/m0/s1. The fourth-order valence-electron chi connectivity index (χ4n) is 2.22. The SMILES string of the molecule is CC(C)=CCC[C@H](C)CCOC(P)(P)Cc1ccc(Br)cc1. The molecule has 0 spiro atoms. The molecule has 3 atom stereocenters. The number of ether oxygens (including phenoxy) is 1. The second-order valence-electron chi connectivity index (χ2n) is 6.36. The van der Waals surface area contributed by atoms with Crippen molar-refractivity contribution >= 4 is 34.4 Å². The molecule has 0 saturated heterocycles. The van der Waals surface area contributed by atoms with Crippen molar-refractivity contribution in [3.8, 4) is 0 Å². The molecule has 0 saturated carbocycles. The number of rotatable bonds is 9. The maximum atomic E-state index is 6.06. The number of allylic oxidation sites excluding steroid dienone is 2. The second kappa shape index (κ2) is 10.2. The van der Waals surface area contributed by atoms with Gasteiger partial charge in [-0.3, -0.25) is 0 Å². The van der Waals surface area contributed by atoms with E-state index in [0.717, 1.165) is 23.9 Å². The summed E-state index contributed by atoms with van der Waals surface area (Å²) < 4.78 is 7.17. The summed E-state index contributed by atoms with van der Waals surface area (Å²) in [6, 6.07) is 8.43. The smallest absolute Gasteiger partial charge is 0.0979 e. The fourth-order valence-corrected chi connectivity index (χ4v) is 3.19. The molecular formula is C18H29BrOP2. The Morgan fingerprint density at radius 1 is 1.23 bits per heavy atom. The summed E-state index contributed by atoms with van der Waals surface area (Å²) in [6.45, 7) is 7.43. The van der Waals surface area contributed by atoms with Crippen molar-refractivity contribution in [2.75, 3.05) is 6.61 Å². The fraction of sp³-hybridized carbons (Fsp3) is 0.556. The van der Waals surface area contributed by atoms with Crippen LogP contribution in [0.1, 0.15) is 45.6 Å². The first kappa shape index (κ1) is 20.3. The third-order valence-electron chi connectivity index (χ3n) is 3.59. The van der Waals surface area contributed by atoms with Crippen molar-refractivity contribution in [1.82, 2.24) is 0 Å². The first-order valence-electron chi connectivity index (χ1n) is 7.88. The van der Waals surface area contributed by atoms with E-state index in [9.17, 15) is 0 Å². The topological polar surface area (TPSA) is 9.23 Å². The molecule has 0 aromatic heterocycles. The van der Waals surface area contributed by atoms with Crippen LogP contribution >= 0.6 is 34.4 Å². The van der Waals surface area contributed by atoms with E-state index in [1.165, 1.54) is 24.0 Å². The molecule has 4 heteroatoms. The molecular weight excluding hydrogens is 374 g/mol. The lowest BCUT2D eigenvalue weighted by Gasteiger charge is -2.26. The summed E-state index contributed by atoms with van der Waals surface area (Å²) in [7, 11) is 5.65. The molecule has 1 nitrogen and oxygen atoms in total. The number of halogens is 1. The van der Waals surface area contributed by atoms with E-state index in [2.05, 4.69) is 85.5 Å². The molecule has 0 heterocycles. The Labute approximate surface area is 149 Å². The van der Waals surface area contributed by atoms with Crippen molar-refractivity contribution in [3.05, 3.63) is 46.0 Å². The van der Waals surface area contributed by atoms with Crippen molar-refractivity contribution in [2.45, 2.75) is 51.5 Å². The molecule has 0 fully saturated rings.